The van der Waals surface area contributed by atoms with Crippen molar-refractivity contribution in [2.24, 2.45) is 9.98 Å². The van der Waals surface area contributed by atoms with Crippen LogP contribution < -0.4 is 10.6 Å². The molecule has 0 spiro atoms. The largest absolute Gasteiger partial charge is 0.382 e. The zero-order valence-electron chi connectivity index (χ0n) is 20.0. The maximum absolute atomic E-state index is 4.68. The summed E-state index contributed by atoms with van der Waals surface area (Å²) in [5, 5.41) is 7.48. The van der Waals surface area contributed by atoms with Crippen molar-refractivity contribution in [2.75, 3.05) is 23.7 Å². The first-order valence-corrected chi connectivity index (χ1v) is 13.1. The van der Waals surface area contributed by atoms with Crippen molar-refractivity contribution in [1.82, 2.24) is 0 Å². The molecule has 4 nitrogen and oxygen atoms in total. The topological polar surface area (TPSA) is 48.8 Å². The lowest BCUT2D eigenvalue weighted by Crippen LogP contribution is -2.22. The number of aliphatic imine (C=N–C) groups is 2. The molecule has 176 valence electrons. The predicted octanol–water partition coefficient (Wildman–Crippen LogP) is 7.10. The molecule has 0 heterocycles. The third-order valence-corrected chi connectivity index (χ3v) is 6.89. The van der Waals surface area contributed by atoms with E-state index < -0.39 is 0 Å². The van der Waals surface area contributed by atoms with Crippen molar-refractivity contribution in [1.29, 1.82) is 0 Å². The third kappa shape index (κ3) is 7.73. The van der Waals surface area contributed by atoms with E-state index in [2.05, 4.69) is 69.1 Å². The molecule has 33 heavy (non-hydrogen) atoms. The van der Waals surface area contributed by atoms with Crippen molar-refractivity contribution in [3.63, 3.8) is 0 Å². The molecule has 2 saturated carbocycles. The van der Waals surface area contributed by atoms with Gasteiger partial charge in [-0.25, -0.2) is 0 Å². The molecule has 0 atom stereocenters. The summed E-state index contributed by atoms with van der Waals surface area (Å²) in [4.78, 5) is 9.37. The second kappa shape index (κ2) is 13.2. The van der Waals surface area contributed by atoms with Gasteiger partial charge >= 0.3 is 0 Å². The smallest absolute Gasteiger partial charge is 0.0431 e. The van der Waals surface area contributed by atoms with E-state index >= 15 is 0 Å². The highest BCUT2D eigenvalue weighted by molar-refractivity contribution is 5.88. The second-order valence-corrected chi connectivity index (χ2v) is 9.56. The van der Waals surface area contributed by atoms with Crippen LogP contribution in [0.25, 0.3) is 0 Å². The van der Waals surface area contributed by atoms with Gasteiger partial charge in [0.25, 0.3) is 0 Å². The minimum atomic E-state index is 0.609. The standard InChI is InChI=1S/C29H40N4/c1-3-14-26(15-4-1)32-28-18-9-7-12-24(28)22-30-20-11-21-31-23-25-13-8-10-19-29(25)33-27-16-5-2-6-17-27/h7-10,12-13,18-19,22-23,26-27,32-33H,1-6,11,14-17,20-21H2. The highest BCUT2D eigenvalue weighted by Gasteiger charge is 2.14. The van der Waals surface area contributed by atoms with Crippen LogP contribution in [0.3, 0.4) is 0 Å². The van der Waals surface area contributed by atoms with Crippen LogP contribution in [0.2, 0.25) is 0 Å². The molecule has 2 aliphatic rings. The molecule has 0 unspecified atom stereocenters. The Balaban J connectivity index is 1.22. The summed E-state index contributed by atoms with van der Waals surface area (Å²) in [5.74, 6) is 0. The van der Waals surface area contributed by atoms with Gasteiger partial charge in [0, 0.05) is 60.1 Å². The van der Waals surface area contributed by atoms with E-state index in [9.17, 15) is 0 Å². The van der Waals surface area contributed by atoms with Crippen molar-refractivity contribution < 1.29 is 0 Å². The summed E-state index contributed by atoms with van der Waals surface area (Å²) in [6.45, 7) is 1.61. The summed E-state index contributed by atoms with van der Waals surface area (Å²) in [5.41, 5.74) is 4.81. The van der Waals surface area contributed by atoms with E-state index in [0.29, 0.717) is 12.1 Å². The monoisotopic (exact) mass is 444 g/mol. The lowest BCUT2D eigenvalue weighted by Gasteiger charge is -2.24. The molecule has 2 aliphatic carbocycles. The fourth-order valence-corrected chi connectivity index (χ4v) is 4.99. The van der Waals surface area contributed by atoms with Gasteiger partial charge in [-0.15, -0.1) is 0 Å². The Hall–Kier alpha value is -2.62. The second-order valence-electron chi connectivity index (χ2n) is 9.56. The summed E-state index contributed by atoms with van der Waals surface area (Å²) < 4.78 is 0. The van der Waals surface area contributed by atoms with Crippen LogP contribution in [0.4, 0.5) is 11.4 Å². The average molecular weight is 445 g/mol. The van der Waals surface area contributed by atoms with Gasteiger partial charge in [-0.3, -0.25) is 9.98 Å². The Morgan fingerprint density at radius 1 is 0.606 bits per heavy atom. The molecule has 4 heteroatoms. The van der Waals surface area contributed by atoms with Gasteiger partial charge in [0.05, 0.1) is 0 Å². The van der Waals surface area contributed by atoms with Crippen molar-refractivity contribution in [3.05, 3.63) is 59.7 Å². The summed E-state index contributed by atoms with van der Waals surface area (Å²) in [6, 6.07) is 18.3. The third-order valence-electron chi connectivity index (χ3n) is 6.89. The van der Waals surface area contributed by atoms with E-state index in [0.717, 1.165) is 19.5 Å². The number of para-hydroxylation sites is 2. The molecule has 2 aromatic rings. The number of anilines is 2. The van der Waals surface area contributed by atoms with E-state index in [-0.39, 0.29) is 0 Å². The Labute approximate surface area is 200 Å². The maximum Gasteiger partial charge on any atom is 0.0431 e. The SMILES string of the molecule is C(=NCCCN=Cc1ccccc1NC1CCCCC1)c1ccccc1NC1CCCCC1. The van der Waals surface area contributed by atoms with Gasteiger partial charge in [0.1, 0.15) is 0 Å². The summed E-state index contributed by atoms with van der Waals surface area (Å²) in [6.07, 6.45) is 18.3. The predicted molar refractivity (Wildman–Crippen MR) is 143 cm³/mol. The van der Waals surface area contributed by atoms with Crippen LogP contribution in [-0.2, 0) is 0 Å². The molecular formula is C29H40N4. The molecule has 0 amide bonds. The van der Waals surface area contributed by atoms with E-state index in [1.54, 1.807) is 0 Å². The van der Waals surface area contributed by atoms with E-state index in [1.165, 1.54) is 86.7 Å². The number of rotatable bonds is 10. The van der Waals surface area contributed by atoms with Crippen LogP contribution >= 0.6 is 0 Å². The molecule has 2 fully saturated rings. The zero-order valence-corrected chi connectivity index (χ0v) is 20.0. The first kappa shape index (κ1) is 23.5. The van der Waals surface area contributed by atoms with Crippen LogP contribution in [0, 0.1) is 0 Å². The lowest BCUT2D eigenvalue weighted by molar-refractivity contribution is 0.462. The molecule has 0 aromatic heterocycles. The molecule has 0 aliphatic heterocycles. The first-order valence-electron chi connectivity index (χ1n) is 13.1. The van der Waals surface area contributed by atoms with Gasteiger partial charge in [0.15, 0.2) is 0 Å². The van der Waals surface area contributed by atoms with E-state index in [4.69, 9.17) is 0 Å². The minimum absolute atomic E-state index is 0.609. The van der Waals surface area contributed by atoms with Crippen LogP contribution in [0.15, 0.2) is 58.5 Å². The van der Waals surface area contributed by atoms with Gasteiger partial charge in [-0.05, 0) is 44.2 Å². The summed E-state index contributed by atoms with van der Waals surface area (Å²) in [7, 11) is 0. The quantitative estimate of drug-likeness (QED) is 0.303. The average Bonchev–Trinajstić information content (AvgIpc) is 2.86. The number of nitrogens with zero attached hydrogens (tertiary/aromatic N) is 2. The van der Waals surface area contributed by atoms with E-state index in [1.807, 2.05) is 12.4 Å². The van der Waals surface area contributed by atoms with Gasteiger partial charge in [0.2, 0.25) is 0 Å². The normalized spacial score (nSPS) is 18.2. The molecule has 2 aromatic carbocycles. The van der Waals surface area contributed by atoms with Crippen molar-refractivity contribution in [3.8, 4) is 0 Å². The van der Waals surface area contributed by atoms with Gasteiger partial charge in [-0.1, -0.05) is 74.9 Å². The molecule has 0 radical (unpaired) electrons. The number of benzene rings is 2. The fraction of sp³-hybridized carbons (Fsp3) is 0.517. The Morgan fingerprint density at radius 3 is 1.48 bits per heavy atom. The number of hydrogen-bond donors (Lipinski definition) is 2. The molecule has 0 saturated heterocycles. The van der Waals surface area contributed by atoms with Gasteiger partial charge < -0.3 is 10.6 Å². The molecular weight excluding hydrogens is 404 g/mol. The lowest BCUT2D eigenvalue weighted by atomic mass is 9.95. The Morgan fingerprint density at radius 2 is 1.03 bits per heavy atom. The molecule has 2 N–H and O–H groups in total. The van der Waals surface area contributed by atoms with Crippen LogP contribution in [0.1, 0.15) is 81.8 Å². The zero-order chi connectivity index (χ0) is 22.6. The van der Waals surface area contributed by atoms with Crippen molar-refractivity contribution in [2.45, 2.75) is 82.7 Å². The van der Waals surface area contributed by atoms with Crippen LogP contribution in [0.5, 0.6) is 0 Å². The highest BCUT2D eigenvalue weighted by atomic mass is 14.9. The summed E-state index contributed by atoms with van der Waals surface area (Å²) >= 11 is 0. The number of nitrogens with one attached hydrogen (secondary N) is 2. The maximum atomic E-state index is 4.68. The minimum Gasteiger partial charge on any atom is -0.382 e. The molecule has 0 bridgehead atoms. The van der Waals surface area contributed by atoms with Crippen LogP contribution in [-0.4, -0.2) is 37.6 Å². The fourth-order valence-electron chi connectivity index (χ4n) is 4.99. The Kier molecular flexibility index (Phi) is 9.40. The highest BCUT2D eigenvalue weighted by Crippen LogP contribution is 2.24. The van der Waals surface area contributed by atoms with Crippen molar-refractivity contribution >= 4 is 23.8 Å². The number of hydrogen-bond acceptors (Lipinski definition) is 4. The van der Waals surface area contributed by atoms with Gasteiger partial charge in [-0.2, -0.15) is 0 Å². The first-order chi connectivity index (χ1) is 16.4. The molecule has 4 rings (SSSR count). The Bertz CT molecular complexity index is 818.